The molecule has 0 unspecified atom stereocenters. The van der Waals surface area contributed by atoms with Crippen LogP contribution >= 0.6 is 11.3 Å². The van der Waals surface area contributed by atoms with Gasteiger partial charge in [0.05, 0.1) is 6.20 Å². The molecular formula is C18H28N4S. The van der Waals surface area contributed by atoms with E-state index in [2.05, 4.69) is 58.1 Å². The molecule has 2 aromatic rings. The van der Waals surface area contributed by atoms with Gasteiger partial charge in [-0.25, -0.2) is 0 Å². The standard InChI is InChI=1S/C18H28N4S/c1-4-22-8-5-6-16(18(22)17-10-19-21(3)13-17)12-20(2)11-15-7-9-23-14-15/h7,9-10,13-14,16,18H,4-6,8,11-12H2,1-3H3/t16-,18+/m0/s1. The van der Waals surface area contributed by atoms with Crippen molar-refractivity contribution in [3.63, 3.8) is 0 Å². The molecule has 1 aliphatic heterocycles. The summed E-state index contributed by atoms with van der Waals surface area (Å²) in [4.78, 5) is 5.11. The average Bonchev–Trinajstić information content (AvgIpc) is 3.18. The number of piperidine rings is 1. The second-order valence-electron chi connectivity index (χ2n) is 6.75. The largest absolute Gasteiger partial charge is 0.302 e. The third kappa shape index (κ3) is 4.03. The number of likely N-dealkylation sites (tertiary alicyclic amines) is 1. The Hall–Kier alpha value is -1.17. The smallest absolute Gasteiger partial charge is 0.0537 e. The molecule has 3 heterocycles. The highest BCUT2D eigenvalue weighted by atomic mass is 32.1. The second kappa shape index (κ2) is 7.60. The summed E-state index contributed by atoms with van der Waals surface area (Å²) in [6.45, 7) is 6.80. The van der Waals surface area contributed by atoms with Crippen molar-refractivity contribution in [1.29, 1.82) is 0 Å². The number of rotatable bonds is 6. The molecular weight excluding hydrogens is 304 g/mol. The van der Waals surface area contributed by atoms with Crippen LogP contribution < -0.4 is 0 Å². The van der Waals surface area contributed by atoms with Crippen molar-refractivity contribution in [3.05, 3.63) is 40.3 Å². The first kappa shape index (κ1) is 16.7. The molecule has 3 rings (SSSR count). The molecule has 0 aromatic carbocycles. The highest BCUT2D eigenvalue weighted by Crippen LogP contribution is 2.36. The van der Waals surface area contributed by atoms with E-state index >= 15 is 0 Å². The maximum atomic E-state index is 4.41. The molecule has 2 atom stereocenters. The molecule has 4 nitrogen and oxygen atoms in total. The predicted octanol–water partition coefficient (Wildman–Crippen LogP) is 3.39. The molecule has 0 amide bonds. The lowest BCUT2D eigenvalue weighted by Crippen LogP contribution is -2.42. The fraction of sp³-hybridized carbons (Fsp3) is 0.611. The van der Waals surface area contributed by atoms with Crippen LogP contribution in [0.4, 0.5) is 0 Å². The van der Waals surface area contributed by atoms with Gasteiger partial charge in [0.2, 0.25) is 0 Å². The van der Waals surface area contributed by atoms with Gasteiger partial charge in [0, 0.05) is 37.9 Å². The summed E-state index contributed by atoms with van der Waals surface area (Å²) < 4.78 is 1.93. The zero-order chi connectivity index (χ0) is 16.2. The molecule has 0 aliphatic carbocycles. The van der Waals surface area contributed by atoms with Crippen LogP contribution in [0.25, 0.3) is 0 Å². The van der Waals surface area contributed by atoms with Gasteiger partial charge < -0.3 is 4.90 Å². The minimum atomic E-state index is 0.507. The van der Waals surface area contributed by atoms with Crippen molar-refractivity contribution >= 4 is 11.3 Å². The molecule has 126 valence electrons. The van der Waals surface area contributed by atoms with Gasteiger partial charge in [-0.2, -0.15) is 16.4 Å². The third-order valence-corrected chi connectivity index (χ3v) is 5.64. The van der Waals surface area contributed by atoms with Crippen LogP contribution in [0.5, 0.6) is 0 Å². The van der Waals surface area contributed by atoms with Gasteiger partial charge in [-0.1, -0.05) is 6.92 Å². The van der Waals surface area contributed by atoms with Gasteiger partial charge in [0.1, 0.15) is 0 Å². The van der Waals surface area contributed by atoms with Crippen LogP contribution in [0, 0.1) is 5.92 Å². The molecule has 0 radical (unpaired) electrons. The number of thiophene rings is 1. The van der Waals surface area contributed by atoms with E-state index < -0.39 is 0 Å². The van der Waals surface area contributed by atoms with Crippen LogP contribution in [0.15, 0.2) is 29.2 Å². The molecule has 0 N–H and O–H groups in total. The van der Waals surface area contributed by atoms with E-state index in [-0.39, 0.29) is 0 Å². The highest BCUT2D eigenvalue weighted by Gasteiger charge is 2.33. The van der Waals surface area contributed by atoms with Crippen LogP contribution in [-0.4, -0.2) is 46.3 Å². The van der Waals surface area contributed by atoms with Gasteiger partial charge in [0.25, 0.3) is 0 Å². The molecule has 1 aliphatic rings. The summed E-state index contributed by atoms with van der Waals surface area (Å²) in [7, 11) is 4.27. The van der Waals surface area contributed by atoms with Crippen LogP contribution in [0.1, 0.15) is 36.9 Å². The van der Waals surface area contributed by atoms with Gasteiger partial charge >= 0.3 is 0 Å². The monoisotopic (exact) mass is 332 g/mol. The fourth-order valence-corrected chi connectivity index (χ4v) is 4.59. The zero-order valence-corrected chi connectivity index (χ0v) is 15.3. The van der Waals surface area contributed by atoms with Crippen molar-refractivity contribution < 1.29 is 0 Å². The number of hydrogen-bond donors (Lipinski definition) is 0. The maximum absolute atomic E-state index is 4.41. The van der Waals surface area contributed by atoms with Gasteiger partial charge in [-0.05, 0) is 61.3 Å². The van der Waals surface area contributed by atoms with Crippen LogP contribution in [-0.2, 0) is 13.6 Å². The summed E-state index contributed by atoms with van der Waals surface area (Å²) in [6.07, 6.45) is 6.88. The minimum Gasteiger partial charge on any atom is -0.302 e. The molecule has 0 saturated carbocycles. The molecule has 23 heavy (non-hydrogen) atoms. The Labute approximate surface area is 143 Å². The van der Waals surface area contributed by atoms with E-state index in [1.807, 2.05) is 11.7 Å². The highest BCUT2D eigenvalue weighted by molar-refractivity contribution is 7.07. The van der Waals surface area contributed by atoms with Crippen LogP contribution in [0.3, 0.4) is 0 Å². The molecule has 0 spiro atoms. The Kier molecular flexibility index (Phi) is 5.51. The van der Waals surface area contributed by atoms with Gasteiger partial charge in [-0.3, -0.25) is 9.58 Å². The van der Waals surface area contributed by atoms with Crippen molar-refractivity contribution in [2.45, 2.75) is 32.4 Å². The summed E-state index contributed by atoms with van der Waals surface area (Å²) in [6, 6.07) is 2.74. The Morgan fingerprint density at radius 2 is 2.30 bits per heavy atom. The minimum absolute atomic E-state index is 0.507. The molecule has 1 saturated heterocycles. The van der Waals surface area contributed by atoms with Crippen molar-refractivity contribution in [2.75, 3.05) is 26.7 Å². The maximum Gasteiger partial charge on any atom is 0.0537 e. The van der Waals surface area contributed by atoms with E-state index in [1.165, 1.54) is 30.5 Å². The topological polar surface area (TPSA) is 24.3 Å². The predicted molar refractivity (Wildman–Crippen MR) is 96.6 cm³/mol. The van der Waals surface area contributed by atoms with E-state index in [9.17, 15) is 0 Å². The first-order valence-corrected chi connectivity index (χ1v) is 9.54. The fourth-order valence-electron chi connectivity index (χ4n) is 3.93. The van der Waals surface area contributed by atoms with Crippen molar-refractivity contribution in [1.82, 2.24) is 19.6 Å². The molecule has 2 aromatic heterocycles. The summed E-state index contributed by atoms with van der Waals surface area (Å²) in [5.41, 5.74) is 2.81. The molecule has 5 heteroatoms. The lowest BCUT2D eigenvalue weighted by atomic mass is 9.85. The summed E-state index contributed by atoms with van der Waals surface area (Å²) in [5.74, 6) is 0.677. The van der Waals surface area contributed by atoms with Crippen LogP contribution in [0.2, 0.25) is 0 Å². The van der Waals surface area contributed by atoms with Gasteiger partial charge in [0.15, 0.2) is 0 Å². The SMILES string of the molecule is CCN1CCC[C@@H](CN(C)Cc2ccsc2)[C@@H]1c1cnn(C)c1. The van der Waals surface area contributed by atoms with E-state index in [0.717, 1.165) is 19.6 Å². The quantitative estimate of drug-likeness (QED) is 0.810. The van der Waals surface area contributed by atoms with E-state index in [4.69, 9.17) is 0 Å². The normalized spacial score (nSPS) is 22.8. The lowest BCUT2D eigenvalue weighted by molar-refractivity contribution is 0.0749. The van der Waals surface area contributed by atoms with E-state index in [1.54, 1.807) is 11.3 Å². The van der Waals surface area contributed by atoms with Crippen molar-refractivity contribution in [2.24, 2.45) is 13.0 Å². The summed E-state index contributed by atoms with van der Waals surface area (Å²) >= 11 is 1.79. The first-order valence-electron chi connectivity index (χ1n) is 8.59. The van der Waals surface area contributed by atoms with E-state index in [0.29, 0.717) is 12.0 Å². The molecule has 0 bridgehead atoms. The Balaban J connectivity index is 1.72. The zero-order valence-electron chi connectivity index (χ0n) is 14.5. The molecule has 1 fully saturated rings. The number of nitrogens with zero attached hydrogens (tertiary/aromatic N) is 4. The third-order valence-electron chi connectivity index (χ3n) is 4.91. The van der Waals surface area contributed by atoms with Gasteiger partial charge in [-0.15, -0.1) is 0 Å². The Morgan fingerprint density at radius 1 is 1.43 bits per heavy atom. The first-order chi connectivity index (χ1) is 11.2. The number of aromatic nitrogens is 2. The summed E-state index contributed by atoms with van der Waals surface area (Å²) in [5, 5.41) is 8.84. The number of hydrogen-bond acceptors (Lipinski definition) is 4. The average molecular weight is 333 g/mol. The lowest BCUT2D eigenvalue weighted by Gasteiger charge is -2.42. The number of aryl methyl sites for hydroxylation is 1. The Bertz CT molecular complexity index is 592. The van der Waals surface area contributed by atoms with Crippen molar-refractivity contribution in [3.8, 4) is 0 Å². The Morgan fingerprint density at radius 3 is 2.96 bits per heavy atom. The second-order valence-corrected chi connectivity index (χ2v) is 7.53.